The number of halogens is 3. The number of benzene rings is 3. The number of hydrogen-bond acceptors (Lipinski definition) is 4. The highest BCUT2D eigenvalue weighted by Crippen LogP contribution is 2.27. The van der Waals surface area contributed by atoms with Crippen LogP contribution in [-0.4, -0.2) is 23.0 Å². The second-order valence-electron chi connectivity index (χ2n) is 7.38. The summed E-state index contributed by atoms with van der Waals surface area (Å²) in [6, 6.07) is 15.4. The zero-order valence-corrected chi connectivity index (χ0v) is 21.3. The maximum atomic E-state index is 13.3. The molecular weight excluding hydrogens is 545 g/mol. The first kappa shape index (κ1) is 25.6. The van der Waals surface area contributed by atoms with Gasteiger partial charge in [-0.25, -0.2) is 4.39 Å². The van der Waals surface area contributed by atoms with Crippen molar-refractivity contribution in [1.29, 1.82) is 0 Å². The third kappa shape index (κ3) is 6.99. The summed E-state index contributed by atoms with van der Waals surface area (Å²) in [4.78, 5) is 25.1. The maximum Gasteiger partial charge on any atom is 0.257 e. The Hall–Kier alpha value is -3.01. The molecule has 34 heavy (non-hydrogen) atoms. The van der Waals surface area contributed by atoms with Gasteiger partial charge >= 0.3 is 0 Å². The molecule has 0 heterocycles. The van der Waals surface area contributed by atoms with Crippen LogP contribution in [0.3, 0.4) is 0 Å². The summed E-state index contributed by atoms with van der Waals surface area (Å²) in [5.41, 5.74) is 1.56. The van der Waals surface area contributed by atoms with Crippen LogP contribution in [0.4, 0.5) is 15.8 Å². The molecule has 0 radical (unpaired) electrons. The van der Waals surface area contributed by atoms with Gasteiger partial charge in [-0.15, -0.1) is 0 Å². The number of anilines is 2. The second kappa shape index (κ2) is 11.4. The zero-order chi connectivity index (χ0) is 24.8. The van der Waals surface area contributed by atoms with Gasteiger partial charge < -0.3 is 15.4 Å². The molecule has 6 nitrogen and oxygen atoms in total. The molecule has 3 rings (SSSR count). The minimum atomic E-state index is -0.575. The van der Waals surface area contributed by atoms with E-state index < -0.39 is 17.6 Å². The molecule has 0 fully saturated rings. The van der Waals surface area contributed by atoms with Gasteiger partial charge in [0.25, 0.3) is 11.8 Å². The van der Waals surface area contributed by atoms with Crippen molar-refractivity contribution < 1.29 is 18.7 Å². The molecule has 0 bridgehead atoms. The third-order valence-electron chi connectivity index (χ3n) is 4.34. The average Bonchev–Trinajstić information content (AvgIpc) is 2.77. The summed E-state index contributed by atoms with van der Waals surface area (Å²) >= 11 is 14.4. The van der Waals surface area contributed by atoms with Crippen molar-refractivity contribution >= 4 is 68.1 Å². The molecule has 0 atom stereocenters. The van der Waals surface area contributed by atoms with E-state index in [1.165, 1.54) is 18.2 Å². The summed E-state index contributed by atoms with van der Waals surface area (Å²) in [5, 5.41) is 8.10. The van der Waals surface area contributed by atoms with Crippen molar-refractivity contribution in [1.82, 2.24) is 5.32 Å². The van der Waals surface area contributed by atoms with Gasteiger partial charge in [0.1, 0.15) is 11.6 Å². The number of hydrogen-bond donors (Lipinski definition) is 3. The normalized spacial score (nSPS) is 10.5. The molecule has 0 saturated carbocycles. The van der Waals surface area contributed by atoms with Crippen molar-refractivity contribution in [2.45, 2.75) is 20.0 Å². The highest BCUT2D eigenvalue weighted by atomic mass is 79.9. The number of nitrogens with one attached hydrogen (secondary N) is 3. The molecule has 3 N–H and O–H groups in total. The number of ether oxygens (including phenoxy) is 1. The smallest absolute Gasteiger partial charge is 0.257 e. The van der Waals surface area contributed by atoms with Crippen LogP contribution in [0.5, 0.6) is 5.75 Å². The lowest BCUT2D eigenvalue weighted by atomic mass is 10.2. The lowest BCUT2D eigenvalue weighted by Gasteiger charge is -2.13. The Morgan fingerprint density at radius 2 is 1.68 bits per heavy atom. The topological polar surface area (TPSA) is 79.5 Å². The first-order valence-corrected chi connectivity index (χ1v) is 11.7. The van der Waals surface area contributed by atoms with E-state index in [1.54, 1.807) is 42.5 Å². The highest BCUT2D eigenvalue weighted by molar-refractivity contribution is 9.10. The van der Waals surface area contributed by atoms with Gasteiger partial charge in [-0.1, -0.05) is 17.7 Å². The van der Waals surface area contributed by atoms with Crippen LogP contribution in [0.1, 0.15) is 34.6 Å². The predicted octanol–water partition coefficient (Wildman–Crippen LogP) is 6.41. The number of rotatable bonds is 6. The van der Waals surface area contributed by atoms with E-state index in [0.717, 1.165) is 0 Å². The van der Waals surface area contributed by atoms with E-state index in [1.807, 2.05) is 13.8 Å². The summed E-state index contributed by atoms with van der Waals surface area (Å²) in [6.45, 7) is 3.82. The van der Waals surface area contributed by atoms with Crippen molar-refractivity contribution in [3.8, 4) is 5.75 Å². The van der Waals surface area contributed by atoms with E-state index in [2.05, 4.69) is 31.9 Å². The lowest BCUT2D eigenvalue weighted by Crippen LogP contribution is -2.34. The van der Waals surface area contributed by atoms with Crippen LogP contribution in [0, 0.1) is 5.82 Å². The van der Waals surface area contributed by atoms with Gasteiger partial charge in [0.15, 0.2) is 5.11 Å². The van der Waals surface area contributed by atoms with Crippen molar-refractivity contribution in [3.05, 3.63) is 87.1 Å². The fourth-order valence-electron chi connectivity index (χ4n) is 2.84. The van der Waals surface area contributed by atoms with E-state index in [-0.39, 0.29) is 16.2 Å². The van der Waals surface area contributed by atoms with Crippen LogP contribution in [0.25, 0.3) is 0 Å². The third-order valence-corrected chi connectivity index (χ3v) is 5.46. The molecular formula is C24H20BrClFN3O3S. The van der Waals surface area contributed by atoms with Gasteiger partial charge in [0.05, 0.1) is 15.6 Å². The molecule has 0 saturated heterocycles. The SMILES string of the molecule is CC(C)Oc1ccc(C(=O)NC(=S)Nc2cccc(C(=O)Nc3ccc(F)c(Cl)c3)c2)cc1Br. The average molecular weight is 565 g/mol. The van der Waals surface area contributed by atoms with Crippen molar-refractivity contribution in [2.75, 3.05) is 10.6 Å². The molecule has 0 aromatic heterocycles. The molecule has 0 aliphatic heterocycles. The van der Waals surface area contributed by atoms with Crippen molar-refractivity contribution in [3.63, 3.8) is 0 Å². The Labute approximate surface area is 215 Å². The Bertz CT molecular complexity index is 1260. The standard InChI is InChI=1S/C24H20BrClFN3O3S/c1-13(2)33-21-9-6-15(11-18(21)25)23(32)30-24(34)29-16-5-3-4-14(10-16)22(31)28-17-7-8-20(27)19(26)12-17/h3-13H,1-2H3,(H,28,31)(H2,29,30,32,34). The lowest BCUT2D eigenvalue weighted by molar-refractivity contribution is 0.0976. The molecule has 176 valence electrons. The number of carbonyl (C=O) groups is 2. The Morgan fingerprint density at radius 3 is 2.35 bits per heavy atom. The van der Waals surface area contributed by atoms with Gasteiger partial charge in [-0.3, -0.25) is 14.9 Å². The van der Waals surface area contributed by atoms with Gasteiger partial charge in [0.2, 0.25) is 0 Å². The fraction of sp³-hybridized carbons (Fsp3) is 0.125. The fourth-order valence-corrected chi connectivity index (χ4v) is 3.71. The first-order valence-electron chi connectivity index (χ1n) is 10.1. The summed E-state index contributed by atoms with van der Waals surface area (Å²) < 4.78 is 19.6. The Balaban J connectivity index is 1.62. The molecule has 2 amide bonds. The highest BCUT2D eigenvalue weighted by Gasteiger charge is 2.13. The Kier molecular flexibility index (Phi) is 8.60. The van der Waals surface area contributed by atoms with E-state index in [0.29, 0.717) is 32.7 Å². The van der Waals surface area contributed by atoms with Crippen LogP contribution in [0.15, 0.2) is 65.1 Å². The first-order chi connectivity index (χ1) is 16.1. The molecule has 3 aromatic rings. The van der Waals surface area contributed by atoms with Crippen LogP contribution in [-0.2, 0) is 0 Å². The summed E-state index contributed by atoms with van der Waals surface area (Å²) in [6.07, 6.45) is -0.000842. The predicted molar refractivity (Wildman–Crippen MR) is 139 cm³/mol. The molecule has 0 aliphatic rings. The van der Waals surface area contributed by atoms with Gasteiger partial charge in [0, 0.05) is 22.5 Å². The largest absolute Gasteiger partial charge is 0.490 e. The maximum absolute atomic E-state index is 13.3. The molecule has 0 unspecified atom stereocenters. The monoisotopic (exact) mass is 563 g/mol. The number of carbonyl (C=O) groups excluding carboxylic acids is 2. The number of amides is 2. The van der Waals surface area contributed by atoms with E-state index in [9.17, 15) is 14.0 Å². The zero-order valence-electron chi connectivity index (χ0n) is 18.1. The molecule has 3 aromatic carbocycles. The quantitative estimate of drug-likeness (QED) is 0.302. The summed E-state index contributed by atoms with van der Waals surface area (Å²) in [7, 11) is 0. The van der Waals surface area contributed by atoms with Crippen molar-refractivity contribution in [2.24, 2.45) is 0 Å². The van der Waals surface area contributed by atoms with E-state index in [4.69, 9.17) is 28.6 Å². The minimum absolute atomic E-state index is 0.000842. The van der Waals surface area contributed by atoms with Gasteiger partial charge in [-0.2, -0.15) is 0 Å². The Morgan fingerprint density at radius 1 is 0.971 bits per heavy atom. The van der Waals surface area contributed by atoms with Crippen LogP contribution < -0.4 is 20.7 Å². The van der Waals surface area contributed by atoms with Crippen LogP contribution >= 0.6 is 39.7 Å². The second-order valence-corrected chi connectivity index (χ2v) is 9.05. The minimum Gasteiger partial charge on any atom is -0.490 e. The van der Waals surface area contributed by atoms with E-state index >= 15 is 0 Å². The molecule has 0 spiro atoms. The number of thiocarbonyl (C=S) groups is 1. The molecule has 10 heteroatoms. The van der Waals surface area contributed by atoms with Gasteiger partial charge in [-0.05, 0) is 96.6 Å². The van der Waals surface area contributed by atoms with Crippen LogP contribution in [0.2, 0.25) is 5.02 Å². The molecule has 0 aliphatic carbocycles. The summed E-state index contributed by atoms with van der Waals surface area (Å²) in [5.74, 6) is -0.773.